The van der Waals surface area contributed by atoms with Gasteiger partial charge in [-0.25, -0.2) is 12.8 Å². The molecule has 0 saturated carbocycles. The van der Waals surface area contributed by atoms with E-state index in [1.807, 2.05) is 0 Å². The van der Waals surface area contributed by atoms with Gasteiger partial charge in [0, 0.05) is 10.7 Å². The second-order valence-electron chi connectivity index (χ2n) is 3.80. The van der Waals surface area contributed by atoms with E-state index in [0.29, 0.717) is 5.56 Å². The Morgan fingerprint density at radius 2 is 1.84 bits per heavy atom. The van der Waals surface area contributed by atoms with E-state index in [-0.39, 0.29) is 17.3 Å². The Morgan fingerprint density at radius 1 is 1.11 bits per heavy atom. The van der Waals surface area contributed by atoms with Crippen LogP contribution in [0.3, 0.4) is 0 Å². The van der Waals surface area contributed by atoms with Crippen molar-refractivity contribution in [2.75, 3.05) is 0 Å². The molecule has 100 valence electrons. The molecule has 2 aromatic rings. The van der Waals surface area contributed by atoms with Gasteiger partial charge in [-0.1, -0.05) is 24.3 Å². The highest BCUT2D eigenvalue weighted by molar-refractivity contribution is 8.13. The fourth-order valence-corrected chi connectivity index (χ4v) is 2.33. The molecule has 0 radical (unpaired) electrons. The van der Waals surface area contributed by atoms with E-state index < -0.39 is 14.9 Å². The molecule has 0 spiro atoms. The van der Waals surface area contributed by atoms with Crippen LogP contribution in [0.4, 0.5) is 4.39 Å². The molecule has 0 aliphatic carbocycles. The third-order valence-electron chi connectivity index (χ3n) is 2.41. The SMILES string of the molecule is O=S(=O)(Cl)c1cccc(COc2ccccc2F)c1. The van der Waals surface area contributed by atoms with Crippen LogP contribution in [0.15, 0.2) is 53.4 Å². The molecule has 0 unspecified atom stereocenters. The minimum atomic E-state index is -3.77. The number of hydrogen-bond acceptors (Lipinski definition) is 3. The minimum absolute atomic E-state index is 0.0104. The fourth-order valence-electron chi connectivity index (χ4n) is 1.51. The van der Waals surface area contributed by atoms with Gasteiger partial charge in [0.1, 0.15) is 6.61 Å². The second-order valence-corrected chi connectivity index (χ2v) is 6.37. The maximum absolute atomic E-state index is 13.3. The maximum Gasteiger partial charge on any atom is 0.261 e. The molecule has 0 amide bonds. The van der Waals surface area contributed by atoms with Crippen molar-refractivity contribution in [3.63, 3.8) is 0 Å². The summed E-state index contributed by atoms with van der Waals surface area (Å²) in [6.07, 6.45) is 0. The number of benzene rings is 2. The highest BCUT2D eigenvalue weighted by Crippen LogP contribution is 2.19. The van der Waals surface area contributed by atoms with Crippen LogP contribution in [0.1, 0.15) is 5.56 Å². The first-order chi connectivity index (χ1) is 8.97. The lowest BCUT2D eigenvalue weighted by molar-refractivity contribution is 0.290. The summed E-state index contributed by atoms with van der Waals surface area (Å²) in [7, 11) is 1.47. The van der Waals surface area contributed by atoms with Crippen molar-refractivity contribution in [3.05, 3.63) is 59.9 Å². The van der Waals surface area contributed by atoms with E-state index in [2.05, 4.69) is 0 Å². The monoisotopic (exact) mass is 300 g/mol. The first-order valence-electron chi connectivity index (χ1n) is 5.38. The zero-order valence-corrected chi connectivity index (χ0v) is 11.3. The van der Waals surface area contributed by atoms with Crippen LogP contribution >= 0.6 is 10.7 Å². The number of rotatable bonds is 4. The molecule has 0 fully saturated rings. The van der Waals surface area contributed by atoms with Gasteiger partial charge in [0.05, 0.1) is 4.90 Å². The summed E-state index contributed by atoms with van der Waals surface area (Å²) in [5, 5.41) is 0. The summed E-state index contributed by atoms with van der Waals surface area (Å²) in [6, 6.07) is 12.0. The van der Waals surface area contributed by atoms with Crippen molar-refractivity contribution in [2.45, 2.75) is 11.5 Å². The van der Waals surface area contributed by atoms with Gasteiger partial charge in [-0.2, -0.15) is 0 Å². The number of para-hydroxylation sites is 1. The Labute approximate surface area is 115 Å². The molecule has 0 heterocycles. The number of ether oxygens (including phenoxy) is 1. The highest BCUT2D eigenvalue weighted by Gasteiger charge is 2.10. The van der Waals surface area contributed by atoms with E-state index >= 15 is 0 Å². The van der Waals surface area contributed by atoms with Crippen molar-refractivity contribution in [1.29, 1.82) is 0 Å². The molecule has 0 aliphatic rings. The minimum Gasteiger partial charge on any atom is -0.486 e. The van der Waals surface area contributed by atoms with E-state index in [9.17, 15) is 12.8 Å². The van der Waals surface area contributed by atoms with Gasteiger partial charge in [0.2, 0.25) is 0 Å². The van der Waals surface area contributed by atoms with Gasteiger partial charge in [-0.3, -0.25) is 0 Å². The van der Waals surface area contributed by atoms with Crippen LogP contribution in [0, 0.1) is 5.82 Å². The molecule has 3 nitrogen and oxygen atoms in total. The average Bonchev–Trinajstić information content (AvgIpc) is 2.37. The van der Waals surface area contributed by atoms with E-state index in [1.54, 1.807) is 24.3 Å². The maximum atomic E-state index is 13.3. The van der Waals surface area contributed by atoms with Gasteiger partial charge in [-0.05, 0) is 29.8 Å². The number of hydrogen-bond donors (Lipinski definition) is 0. The van der Waals surface area contributed by atoms with Crippen molar-refractivity contribution >= 4 is 19.7 Å². The Balaban J connectivity index is 2.15. The third-order valence-corrected chi connectivity index (χ3v) is 3.76. The predicted molar refractivity (Wildman–Crippen MR) is 70.2 cm³/mol. The Morgan fingerprint density at radius 3 is 2.53 bits per heavy atom. The summed E-state index contributed by atoms with van der Waals surface area (Å²) in [6.45, 7) is 0.0567. The van der Waals surface area contributed by atoms with E-state index in [1.165, 1.54) is 24.3 Å². The van der Waals surface area contributed by atoms with Gasteiger partial charge in [0.15, 0.2) is 11.6 Å². The molecule has 0 bridgehead atoms. The first kappa shape index (κ1) is 13.8. The van der Waals surface area contributed by atoms with Crippen LogP contribution in [-0.2, 0) is 15.7 Å². The second kappa shape index (κ2) is 5.59. The summed E-state index contributed by atoms with van der Waals surface area (Å²) < 4.78 is 41.0. The zero-order chi connectivity index (χ0) is 13.9. The van der Waals surface area contributed by atoms with Crippen molar-refractivity contribution in [1.82, 2.24) is 0 Å². The summed E-state index contributed by atoms with van der Waals surface area (Å²) >= 11 is 0. The first-order valence-corrected chi connectivity index (χ1v) is 7.69. The molecule has 0 atom stereocenters. The fraction of sp³-hybridized carbons (Fsp3) is 0.0769. The van der Waals surface area contributed by atoms with Crippen LogP contribution in [0.5, 0.6) is 5.75 Å². The molecule has 19 heavy (non-hydrogen) atoms. The molecule has 0 aliphatic heterocycles. The Kier molecular flexibility index (Phi) is 4.07. The largest absolute Gasteiger partial charge is 0.486 e. The van der Waals surface area contributed by atoms with Gasteiger partial charge in [-0.15, -0.1) is 0 Å². The van der Waals surface area contributed by atoms with Gasteiger partial charge in [0.25, 0.3) is 9.05 Å². The Hall–Kier alpha value is -1.59. The van der Waals surface area contributed by atoms with Gasteiger partial charge < -0.3 is 4.74 Å². The molecular weight excluding hydrogens is 291 g/mol. The molecule has 0 N–H and O–H groups in total. The predicted octanol–water partition coefficient (Wildman–Crippen LogP) is 3.33. The van der Waals surface area contributed by atoms with Crippen molar-refractivity contribution in [3.8, 4) is 5.75 Å². The highest BCUT2D eigenvalue weighted by atomic mass is 35.7. The standard InChI is InChI=1S/C13H10ClFO3S/c14-19(16,17)11-5-3-4-10(8-11)9-18-13-7-2-1-6-12(13)15/h1-8H,9H2. The van der Waals surface area contributed by atoms with Gasteiger partial charge >= 0.3 is 0 Å². The number of halogens is 2. The molecular formula is C13H10ClFO3S. The lowest BCUT2D eigenvalue weighted by atomic mass is 10.2. The van der Waals surface area contributed by atoms with Crippen molar-refractivity contribution < 1.29 is 17.5 Å². The zero-order valence-electron chi connectivity index (χ0n) is 9.71. The quantitative estimate of drug-likeness (QED) is 0.814. The average molecular weight is 301 g/mol. The third kappa shape index (κ3) is 3.68. The molecule has 0 aromatic heterocycles. The summed E-state index contributed by atoms with van der Waals surface area (Å²) in [4.78, 5) is -0.0104. The molecule has 2 rings (SSSR count). The smallest absolute Gasteiger partial charge is 0.261 e. The molecule has 6 heteroatoms. The topological polar surface area (TPSA) is 43.4 Å². The summed E-state index contributed by atoms with van der Waals surface area (Å²) in [5.74, 6) is -0.356. The normalized spacial score (nSPS) is 11.3. The van der Waals surface area contributed by atoms with Crippen LogP contribution in [0.25, 0.3) is 0 Å². The van der Waals surface area contributed by atoms with E-state index in [4.69, 9.17) is 15.4 Å². The van der Waals surface area contributed by atoms with Crippen molar-refractivity contribution in [2.24, 2.45) is 0 Å². The van der Waals surface area contributed by atoms with Crippen LogP contribution < -0.4 is 4.74 Å². The van der Waals surface area contributed by atoms with Crippen LogP contribution in [-0.4, -0.2) is 8.42 Å². The van der Waals surface area contributed by atoms with E-state index in [0.717, 1.165) is 0 Å². The molecule has 0 saturated heterocycles. The molecule has 2 aromatic carbocycles. The lowest BCUT2D eigenvalue weighted by Crippen LogP contribution is -1.99. The lowest BCUT2D eigenvalue weighted by Gasteiger charge is -2.07. The van der Waals surface area contributed by atoms with Crippen LogP contribution in [0.2, 0.25) is 0 Å². The summed E-state index contributed by atoms with van der Waals surface area (Å²) in [5.41, 5.74) is 0.588. The Bertz CT molecular complexity index is 686.